The first-order valence-electron chi connectivity index (χ1n) is 5.79. The molecule has 0 aliphatic heterocycles. The topological polar surface area (TPSA) is 33.1 Å². The van der Waals surface area contributed by atoms with Gasteiger partial charge in [0.2, 0.25) is 0 Å². The first kappa shape index (κ1) is 12.2. The van der Waals surface area contributed by atoms with Crippen molar-refractivity contribution < 1.29 is 5.11 Å². The molecule has 1 N–H and O–H groups in total. The minimum Gasteiger partial charge on any atom is -0.392 e. The molecule has 0 aliphatic rings. The smallest absolute Gasteiger partial charge is 0.0621 e. The third-order valence-electron chi connectivity index (χ3n) is 3.01. The highest BCUT2D eigenvalue weighted by atomic mass is 16.3. The van der Waals surface area contributed by atoms with Crippen LogP contribution >= 0.6 is 0 Å². The van der Waals surface area contributed by atoms with Crippen LogP contribution in [0.5, 0.6) is 0 Å². The van der Waals surface area contributed by atoms with E-state index < -0.39 is 0 Å². The summed E-state index contributed by atoms with van der Waals surface area (Å²) in [4.78, 5) is 4.35. The van der Waals surface area contributed by atoms with E-state index in [9.17, 15) is 5.11 Å². The van der Waals surface area contributed by atoms with E-state index in [2.05, 4.69) is 31.8 Å². The van der Waals surface area contributed by atoms with Gasteiger partial charge in [0.05, 0.1) is 6.10 Å². The predicted molar refractivity (Wildman–Crippen MR) is 62.8 cm³/mol. The van der Waals surface area contributed by atoms with Gasteiger partial charge in [0.15, 0.2) is 0 Å². The van der Waals surface area contributed by atoms with Crippen LogP contribution < -0.4 is 0 Å². The zero-order valence-corrected chi connectivity index (χ0v) is 9.90. The minimum atomic E-state index is -0.269. The van der Waals surface area contributed by atoms with Gasteiger partial charge in [-0.2, -0.15) is 0 Å². The maximum atomic E-state index is 9.86. The average molecular weight is 207 g/mol. The number of hydrogen-bond donors (Lipinski definition) is 1. The Labute approximate surface area is 92.4 Å². The standard InChI is InChI=1S/C13H21NO/c1-4-10(3)13(15)8-12-7-6-11(5-2)9-14-12/h6-7,9-10,13,15H,4-5,8H2,1-3H3. The summed E-state index contributed by atoms with van der Waals surface area (Å²) in [5.41, 5.74) is 2.23. The maximum absolute atomic E-state index is 9.86. The Morgan fingerprint density at radius 2 is 2.07 bits per heavy atom. The number of pyridine rings is 1. The molecule has 1 aromatic rings. The van der Waals surface area contributed by atoms with Gasteiger partial charge in [0, 0.05) is 18.3 Å². The van der Waals surface area contributed by atoms with E-state index in [0.29, 0.717) is 12.3 Å². The van der Waals surface area contributed by atoms with E-state index in [1.165, 1.54) is 5.56 Å². The number of rotatable bonds is 5. The highest BCUT2D eigenvalue weighted by molar-refractivity contribution is 5.14. The Bertz CT molecular complexity index is 281. The summed E-state index contributed by atoms with van der Waals surface area (Å²) in [6, 6.07) is 4.11. The normalized spacial score (nSPS) is 14.9. The molecule has 0 saturated carbocycles. The van der Waals surface area contributed by atoms with Gasteiger partial charge in [-0.25, -0.2) is 0 Å². The molecule has 15 heavy (non-hydrogen) atoms. The van der Waals surface area contributed by atoms with Gasteiger partial charge in [-0.15, -0.1) is 0 Å². The van der Waals surface area contributed by atoms with E-state index in [1.807, 2.05) is 12.3 Å². The first-order valence-corrected chi connectivity index (χ1v) is 5.79. The molecule has 0 bridgehead atoms. The van der Waals surface area contributed by atoms with Gasteiger partial charge in [0.1, 0.15) is 0 Å². The summed E-state index contributed by atoms with van der Waals surface area (Å²) in [7, 11) is 0. The van der Waals surface area contributed by atoms with E-state index in [4.69, 9.17) is 0 Å². The summed E-state index contributed by atoms with van der Waals surface area (Å²) in [6.45, 7) is 6.29. The molecule has 2 nitrogen and oxygen atoms in total. The van der Waals surface area contributed by atoms with Gasteiger partial charge in [-0.05, 0) is 24.0 Å². The lowest BCUT2D eigenvalue weighted by atomic mass is 9.97. The molecular formula is C13H21NO. The lowest BCUT2D eigenvalue weighted by Crippen LogP contribution is -2.20. The third-order valence-corrected chi connectivity index (χ3v) is 3.01. The molecule has 0 aliphatic carbocycles. The molecule has 2 heteroatoms. The van der Waals surface area contributed by atoms with Crippen molar-refractivity contribution in [3.05, 3.63) is 29.6 Å². The molecule has 2 unspecified atom stereocenters. The number of aryl methyl sites for hydroxylation is 1. The van der Waals surface area contributed by atoms with Crippen LogP contribution in [-0.2, 0) is 12.8 Å². The second-order valence-electron chi connectivity index (χ2n) is 4.17. The largest absolute Gasteiger partial charge is 0.392 e. The summed E-state index contributed by atoms with van der Waals surface area (Å²) >= 11 is 0. The summed E-state index contributed by atoms with van der Waals surface area (Å²) in [5.74, 6) is 0.345. The van der Waals surface area contributed by atoms with E-state index in [1.54, 1.807) is 0 Å². The Balaban J connectivity index is 2.57. The summed E-state index contributed by atoms with van der Waals surface area (Å²) < 4.78 is 0. The summed E-state index contributed by atoms with van der Waals surface area (Å²) in [6.07, 6.45) is 4.32. The number of aromatic nitrogens is 1. The van der Waals surface area contributed by atoms with Crippen molar-refractivity contribution in [3.63, 3.8) is 0 Å². The fourth-order valence-electron chi connectivity index (χ4n) is 1.47. The molecule has 84 valence electrons. The third kappa shape index (κ3) is 3.63. The Kier molecular flexibility index (Phi) is 4.76. The maximum Gasteiger partial charge on any atom is 0.0621 e. The molecule has 0 saturated heterocycles. The van der Waals surface area contributed by atoms with Crippen LogP contribution in [0.15, 0.2) is 18.3 Å². The number of nitrogens with zero attached hydrogens (tertiary/aromatic N) is 1. The fourth-order valence-corrected chi connectivity index (χ4v) is 1.47. The van der Waals surface area contributed by atoms with E-state index in [-0.39, 0.29) is 6.10 Å². The van der Waals surface area contributed by atoms with Crippen molar-refractivity contribution in [2.24, 2.45) is 5.92 Å². The van der Waals surface area contributed by atoms with Crippen molar-refractivity contribution in [1.29, 1.82) is 0 Å². The van der Waals surface area contributed by atoms with Crippen LogP contribution in [-0.4, -0.2) is 16.2 Å². The number of aliphatic hydroxyl groups excluding tert-OH is 1. The SMILES string of the molecule is CCc1ccc(CC(O)C(C)CC)nc1. The molecule has 0 radical (unpaired) electrons. The molecule has 1 rings (SSSR count). The van der Waals surface area contributed by atoms with Gasteiger partial charge >= 0.3 is 0 Å². The Morgan fingerprint density at radius 3 is 2.53 bits per heavy atom. The second kappa shape index (κ2) is 5.86. The minimum absolute atomic E-state index is 0.269. The molecule has 1 heterocycles. The van der Waals surface area contributed by atoms with Crippen molar-refractivity contribution in [2.75, 3.05) is 0 Å². The average Bonchev–Trinajstić information content (AvgIpc) is 2.29. The van der Waals surface area contributed by atoms with E-state index in [0.717, 1.165) is 18.5 Å². The Morgan fingerprint density at radius 1 is 1.33 bits per heavy atom. The van der Waals surface area contributed by atoms with E-state index >= 15 is 0 Å². The Hall–Kier alpha value is -0.890. The predicted octanol–water partition coefficient (Wildman–Crippen LogP) is 2.59. The number of hydrogen-bond acceptors (Lipinski definition) is 2. The van der Waals surface area contributed by atoms with Crippen LogP contribution in [0.1, 0.15) is 38.4 Å². The lowest BCUT2D eigenvalue weighted by Gasteiger charge is -2.16. The molecule has 1 aromatic heterocycles. The molecule has 2 atom stereocenters. The van der Waals surface area contributed by atoms with Gasteiger partial charge in [-0.1, -0.05) is 33.3 Å². The summed E-state index contributed by atoms with van der Waals surface area (Å²) in [5, 5.41) is 9.86. The van der Waals surface area contributed by atoms with Gasteiger partial charge in [0.25, 0.3) is 0 Å². The molecule has 0 aromatic carbocycles. The van der Waals surface area contributed by atoms with Crippen LogP contribution in [0, 0.1) is 5.92 Å². The van der Waals surface area contributed by atoms with Crippen LogP contribution in [0.2, 0.25) is 0 Å². The fraction of sp³-hybridized carbons (Fsp3) is 0.615. The molecule has 0 fully saturated rings. The molecule has 0 amide bonds. The van der Waals surface area contributed by atoms with Crippen LogP contribution in [0.25, 0.3) is 0 Å². The van der Waals surface area contributed by atoms with Crippen molar-refractivity contribution >= 4 is 0 Å². The van der Waals surface area contributed by atoms with Crippen LogP contribution in [0.3, 0.4) is 0 Å². The second-order valence-corrected chi connectivity index (χ2v) is 4.17. The number of aliphatic hydroxyl groups is 1. The van der Waals surface area contributed by atoms with Gasteiger partial charge < -0.3 is 5.11 Å². The quantitative estimate of drug-likeness (QED) is 0.805. The molecule has 0 spiro atoms. The highest BCUT2D eigenvalue weighted by Gasteiger charge is 2.13. The van der Waals surface area contributed by atoms with Crippen molar-refractivity contribution in [1.82, 2.24) is 4.98 Å². The van der Waals surface area contributed by atoms with Gasteiger partial charge in [-0.3, -0.25) is 4.98 Å². The zero-order valence-electron chi connectivity index (χ0n) is 9.90. The van der Waals surface area contributed by atoms with Crippen molar-refractivity contribution in [3.8, 4) is 0 Å². The monoisotopic (exact) mass is 207 g/mol. The first-order chi connectivity index (χ1) is 7.17. The zero-order chi connectivity index (χ0) is 11.3. The van der Waals surface area contributed by atoms with Crippen molar-refractivity contribution in [2.45, 2.75) is 46.1 Å². The highest BCUT2D eigenvalue weighted by Crippen LogP contribution is 2.12. The molecular weight excluding hydrogens is 186 g/mol. The van der Waals surface area contributed by atoms with Crippen LogP contribution in [0.4, 0.5) is 0 Å². The lowest BCUT2D eigenvalue weighted by molar-refractivity contribution is 0.114.